The second-order valence-electron chi connectivity index (χ2n) is 3.45. The van der Waals surface area contributed by atoms with Crippen LogP contribution < -0.4 is 5.32 Å². The van der Waals surface area contributed by atoms with E-state index in [0.717, 1.165) is 10.5 Å². The molecule has 2 rings (SSSR count). The zero-order chi connectivity index (χ0) is 13.1. The molecule has 0 radical (unpaired) electrons. The Kier molecular flexibility index (Phi) is 3.93. The van der Waals surface area contributed by atoms with Crippen molar-refractivity contribution in [3.63, 3.8) is 0 Å². The molecule has 0 aliphatic rings. The van der Waals surface area contributed by atoms with Crippen LogP contribution in [0.25, 0.3) is 0 Å². The van der Waals surface area contributed by atoms with Gasteiger partial charge in [-0.3, -0.25) is 4.79 Å². The third kappa shape index (κ3) is 3.05. The molecular weight excluding hydrogens is 322 g/mol. The van der Waals surface area contributed by atoms with Crippen LogP contribution in [-0.4, -0.2) is 10.9 Å². The van der Waals surface area contributed by atoms with Gasteiger partial charge in [0.05, 0.1) is 10.7 Å². The lowest BCUT2D eigenvalue weighted by molar-refractivity contribution is 0.102. The lowest BCUT2D eigenvalue weighted by Gasteiger charge is -2.07. The molecule has 2 aromatic rings. The Labute approximate surface area is 116 Å². The Hall–Kier alpha value is -1.46. The van der Waals surface area contributed by atoms with E-state index in [0.29, 0.717) is 10.7 Å². The van der Waals surface area contributed by atoms with Gasteiger partial charge >= 0.3 is 0 Å². The van der Waals surface area contributed by atoms with Crippen molar-refractivity contribution in [3.05, 3.63) is 57.5 Å². The first-order valence-corrected chi connectivity index (χ1v) is 6.11. The molecule has 1 amide bonds. The molecule has 0 saturated heterocycles. The van der Waals surface area contributed by atoms with Crippen molar-refractivity contribution in [1.82, 2.24) is 4.98 Å². The second-order valence-corrected chi connectivity index (χ2v) is 4.77. The highest BCUT2D eigenvalue weighted by atomic mass is 79.9. The van der Waals surface area contributed by atoms with Gasteiger partial charge in [-0.1, -0.05) is 27.5 Å². The standard InChI is InChI=1S/C12H7BrClFN2O/c13-8-1-2-10(9(14)6-8)17-12(18)7-3-4-16-11(15)5-7/h1-6H,(H,17,18). The van der Waals surface area contributed by atoms with E-state index < -0.39 is 11.9 Å². The SMILES string of the molecule is O=C(Nc1ccc(Br)cc1Cl)c1ccnc(F)c1. The van der Waals surface area contributed by atoms with Crippen LogP contribution in [0.1, 0.15) is 10.4 Å². The first-order chi connectivity index (χ1) is 8.56. The third-order valence-electron chi connectivity index (χ3n) is 2.17. The Morgan fingerprint density at radius 1 is 1.33 bits per heavy atom. The van der Waals surface area contributed by atoms with Gasteiger partial charge < -0.3 is 5.32 Å². The minimum absolute atomic E-state index is 0.182. The average Bonchev–Trinajstić information content (AvgIpc) is 2.32. The highest BCUT2D eigenvalue weighted by molar-refractivity contribution is 9.10. The summed E-state index contributed by atoms with van der Waals surface area (Å²) in [6.07, 6.45) is 1.23. The van der Waals surface area contributed by atoms with Crippen molar-refractivity contribution in [2.45, 2.75) is 0 Å². The molecule has 18 heavy (non-hydrogen) atoms. The normalized spacial score (nSPS) is 10.2. The van der Waals surface area contributed by atoms with Crippen molar-refractivity contribution in [1.29, 1.82) is 0 Å². The monoisotopic (exact) mass is 328 g/mol. The molecule has 0 aliphatic carbocycles. The molecule has 1 aromatic heterocycles. The van der Waals surface area contributed by atoms with E-state index in [1.54, 1.807) is 18.2 Å². The Morgan fingerprint density at radius 2 is 2.11 bits per heavy atom. The van der Waals surface area contributed by atoms with Crippen molar-refractivity contribution >= 4 is 39.1 Å². The number of hydrogen-bond donors (Lipinski definition) is 1. The van der Waals surface area contributed by atoms with E-state index in [1.165, 1.54) is 12.3 Å². The van der Waals surface area contributed by atoms with Gasteiger partial charge in [0, 0.05) is 22.3 Å². The van der Waals surface area contributed by atoms with Crippen LogP contribution in [0.5, 0.6) is 0 Å². The molecule has 0 unspecified atom stereocenters. The van der Waals surface area contributed by atoms with Crippen LogP contribution in [0.4, 0.5) is 10.1 Å². The molecule has 1 aromatic carbocycles. The number of halogens is 3. The summed E-state index contributed by atoms with van der Waals surface area (Å²) >= 11 is 9.22. The second kappa shape index (κ2) is 5.46. The summed E-state index contributed by atoms with van der Waals surface area (Å²) < 4.78 is 13.7. The highest BCUT2D eigenvalue weighted by Crippen LogP contribution is 2.26. The van der Waals surface area contributed by atoms with E-state index in [2.05, 4.69) is 26.2 Å². The largest absolute Gasteiger partial charge is 0.321 e. The fourth-order valence-corrected chi connectivity index (χ4v) is 2.05. The zero-order valence-corrected chi connectivity index (χ0v) is 11.3. The number of carbonyl (C=O) groups excluding carboxylic acids is 1. The zero-order valence-electron chi connectivity index (χ0n) is 8.95. The third-order valence-corrected chi connectivity index (χ3v) is 2.97. The fraction of sp³-hybridized carbons (Fsp3) is 0. The predicted molar refractivity (Wildman–Crippen MR) is 71.3 cm³/mol. The fourth-order valence-electron chi connectivity index (χ4n) is 1.33. The number of pyridine rings is 1. The molecule has 6 heteroatoms. The lowest BCUT2D eigenvalue weighted by Crippen LogP contribution is -2.12. The quantitative estimate of drug-likeness (QED) is 0.849. The minimum atomic E-state index is -0.704. The summed E-state index contributed by atoms with van der Waals surface area (Å²) in [5, 5.41) is 2.99. The molecule has 0 saturated carbocycles. The van der Waals surface area contributed by atoms with Gasteiger partial charge in [0.25, 0.3) is 5.91 Å². The Bertz CT molecular complexity index is 606. The van der Waals surface area contributed by atoms with Crippen molar-refractivity contribution in [2.24, 2.45) is 0 Å². The number of carbonyl (C=O) groups is 1. The van der Waals surface area contributed by atoms with Crippen LogP contribution >= 0.6 is 27.5 Å². The molecule has 0 bridgehead atoms. The number of aromatic nitrogens is 1. The number of amides is 1. The average molecular weight is 330 g/mol. The van der Waals surface area contributed by atoms with Crippen molar-refractivity contribution in [2.75, 3.05) is 5.32 Å². The van der Waals surface area contributed by atoms with Gasteiger partial charge in [-0.2, -0.15) is 4.39 Å². The molecule has 92 valence electrons. The minimum Gasteiger partial charge on any atom is -0.321 e. The van der Waals surface area contributed by atoms with Crippen LogP contribution in [0.15, 0.2) is 41.0 Å². The van der Waals surface area contributed by atoms with Gasteiger partial charge in [-0.25, -0.2) is 4.98 Å². The van der Waals surface area contributed by atoms with Gasteiger partial charge in [0.1, 0.15) is 0 Å². The topological polar surface area (TPSA) is 42.0 Å². The first kappa shape index (κ1) is 13.0. The molecule has 3 nitrogen and oxygen atoms in total. The summed E-state index contributed by atoms with van der Waals surface area (Å²) in [5.74, 6) is -1.15. The smallest absolute Gasteiger partial charge is 0.255 e. The molecule has 0 atom stereocenters. The van der Waals surface area contributed by atoms with Crippen LogP contribution in [0.3, 0.4) is 0 Å². The van der Waals surface area contributed by atoms with Crippen molar-refractivity contribution < 1.29 is 9.18 Å². The molecule has 1 heterocycles. The van der Waals surface area contributed by atoms with E-state index in [1.807, 2.05) is 0 Å². The molecule has 0 fully saturated rings. The maximum absolute atomic E-state index is 12.9. The maximum atomic E-state index is 12.9. The van der Waals surface area contributed by atoms with Crippen molar-refractivity contribution in [3.8, 4) is 0 Å². The number of rotatable bonds is 2. The van der Waals surface area contributed by atoms with E-state index in [-0.39, 0.29) is 5.56 Å². The number of benzene rings is 1. The van der Waals surface area contributed by atoms with Crippen LogP contribution in [0.2, 0.25) is 5.02 Å². The molecule has 0 aliphatic heterocycles. The highest BCUT2D eigenvalue weighted by Gasteiger charge is 2.09. The molecule has 1 N–H and O–H groups in total. The van der Waals surface area contributed by atoms with Gasteiger partial charge in [-0.15, -0.1) is 0 Å². The summed E-state index contributed by atoms with van der Waals surface area (Å²) in [7, 11) is 0. The van der Waals surface area contributed by atoms with E-state index in [4.69, 9.17) is 11.6 Å². The number of anilines is 1. The Morgan fingerprint density at radius 3 is 2.78 bits per heavy atom. The molecule has 0 spiro atoms. The number of hydrogen-bond acceptors (Lipinski definition) is 2. The summed E-state index contributed by atoms with van der Waals surface area (Å²) in [6.45, 7) is 0. The lowest BCUT2D eigenvalue weighted by atomic mass is 10.2. The number of nitrogens with zero attached hydrogens (tertiary/aromatic N) is 1. The van der Waals surface area contributed by atoms with Gasteiger partial charge in [0.2, 0.25) is 5.95 Å². The van der Waals surface area contributed by atoms with E-state index >= 15 is 0 Å². The Balaban J connectivity index is 2.21. The van der Waals surface area contributed by atoms with Crippen LogP contribution in [-0.2, 0) is 0 Å². The maximum Gasteiger partial charge on any atom is 0.255 e. The molecular formula is C12H7BrClFN2O. The summed E-state index contributed by atoms with van der Waals surface area (Å²) in [5.41, 5.74) is 0.642. The van der Waals surface area contributed by atoms with E-state index in [9.17, 15) is 9.18 Å². The number of nitrogens with one attached hydrogen (secondary N) is 1. The summed E-state index contributed by atoms with van der Waals surface area (Å²) in [6, 6.07) is 7.54. The van der Waals surface area contributed by atoms with Gasteiger partial charge in [0.15, 0.2) is 0 Å². The van der Waals surface area contributed by atoms with Crippen LogP contribution in [0, 0.1) is 5.95 Å². The summed E-state index contributed by atoms with van der Waals surface area (Å²) in [4.78, 5) is 15.2. The van der Waals surface area contributed by atoms with Gasteiger partial charge in [-0.05, 0) is 24.3 Å². The first-order valence-electron chi connectivity index (χ1n) is 4.94. The predicted octanol–water partition coefficient (Wildman–Crippen LogP) is 3.89.